The van der Waals surface area contributed by atoms with Crippen LogP contribution < -0.4 is 0 Å². The molecule has 0 aliphatic carbocycles. The minimum atomic E-state index is -4.31. The van der Waals surface area contributed by atoms with Crippen molar-refractivity contribution in [1.29, 1.82) is 0 Å². The third-order valence-electron chi connectivity index (χ3n) is 2.66. The first-order valence-corrected chi connectivity index (χ1v) is 9.61. The quantitative estimate of drug-likeness (QED) is 0.724. The summed E-state index contributed by atoms with van der Waals surface area (Å²) in [4.78, 5) is 0. The van der Waals surface area contributed by atoms with Gasteiger partial charge in [-0.05, 0) is 11.1 Å². The van der Waals surface area contributed by atoms with Crippen molar-refractivity contribution in [3.8, 4) is 0 Å². The highest BCUT2D eigenvalue weighted by Crippen LogP contribution is 2.28. The van der Waals surface area contributed by atoms with Crippen LogP contribution in [0.1, 0.15) is 5.56 Å². The summed E-state index contributed by atoms with van der Waals surface area (Å²) in [7, 11) is -1.95. The van der Waals surface area contributed by atoms with Gasteiger partial charge >= 0.3 is 6.18 Å². The number of halogens is 3. The van der Waals surface area contributed by atoms with Crippen molar-refractivity contribution in [2.24, 2.45) is 0 Å². The SMILES string of the molecule is C=C(c1ccccc1)C(OCC(F)(F)F)[Si](C)(C)C. The standard InChI is InChI=1S/C14H19F3OSi/c1-11(12-8-6-5-7-9-12)13(19(2,3)4)18-10-14(15,16)17/h5-9,13H,1,10H2,2-4H3. The number of rotatable bonds is 5. The molecule has 0 heterocycles. The van der Waals surface area contributed by atoms with Crippen molar-refractivity contribution >= 4 is 13.6 Å². The predicted molar refractivity (Wildman–Crippen MR) is 74.6 cm³/mol. The number of benzene rings is 1. The van der Waals surface area contributed by atoms with Crippen LogP contribution in [-0.2, 0) is 4.74 Å². The average molecular weight is 288 g/mol. The van der Waals surface area contributed by atoms with E-state index in [0.717, 1.165) is 5.56 Å². The fraction of sp³-hybridized carbons (Fsp3) is 0.429. The Morgan fingerprint density at radius 2 is 1.74 bits per heavy atom. The van der Waals surface area contributed by atoms with Crippen molar-refractivity contribution < 1.29 is 17.9 Å². The Morgan fingerprint density at radius 3 is 2.16 bits per heavy atom. The Bertz CT molecular complexity index is 421. The number of hydrogen-bond donors (Lipinski definition) is 0. The topological polar surface area (TPSA) is 9.23 Å². The van der Waals surface area contributed by atoms with E-state index in [9.17, 15) is 13.2 Å². The van der Waals surface area contributed by atoms with Gasteiger partial charge < -0.3 is 4.74 Å². The van der Waals surface area contributed by atoms with E-state index in [0.29, 0.717) is 5.57 Å². The summed E-state index contributed by atoms with van der Waals surface area (Å²) < 4.78 is 42.1. The molecule has 0 aliphatic heterocycles. The molecule has 1 aromatic rings. The second-order valence-electron chi connectivity index (χ2n) is 5.56. The van der Waals surface area contributed by atoms with E-state index in [1.807, 2.05) is 50.0 Å². The largest absolute Gasteiger partial charge is 0.411 e. The van der Waals surface area contributed by atoms with E-state index in [4.69, 9.17) is 4.74 Å². The molecule has 106 valence electrons. The monoisotopic (exact) mass is 288 g/mol. The van der Waals surface area contributed by atoms with Crippen molar-refractivity contribution in [1.82, 2.24) is 0 Å². The molecule has 0 amide bonds. The Morgan fingerprint density at radius 1 is 1.21 bits per heavy atom. The smallest absolute Gasteiger partial charge is 0.368 e. The Hall–Kier alpha value is -1.07. The van der Waals surface area contributed by atoms with Gasteiger partial charge in [0.1, 0.15) is 6.61 Å². The molecule has 1 atom stereocenters. The molecule has 1 aromatic carbocycles. The van der Waals surface area contributed by atoms with Gasteiger partial charge in [0.05, 0.1) is 13.8 Å². The van der Waals surface area contributed by atoms with Gasteiger partial charge in [0.15, 0.2) is 0 Å². The molecule has 0 saturated heterocycles. The fourth-order valence-corrected chi connectivity index (χ4v) is 3.65. The van der Waals surface area contributed by atoms with Gasteiger partial charge in [0.25, 0.3) is 0 Å². The molecule has 0 spiro atoms. The first kappa shape index (κ1) is 16.0. The molecule has 0 N–H and O–H groups in total. The van der Waals surface area contributed by atoms with E-state index in [1.165, 1.54) is 0 Å². The lowest BCUT2D eigenvalue weighted by Crippen LogP contribution is -2.42. The van der Waals surface area contributed by atoms with Crippen LogP contribution in [0.25, 0.3) is 5.57 Å². The van der Waals surface area contributed by atoms with E-state index < -0.39 is 26.6 Å². The zero-order valence-corrected chi connectivity index (χ0v) is 12.4. The fourth-order valence-electron chi connectivity index (χ4n) is 1.85. The van der Waals surface area contributed by atoms with E-state index in [2.05, 4.69) is 6.58 Å². The summed E-state index contributed by atoms with van der Waals surface area (Å²) in [5.74, 6) is 0. The van der Waals surface area contributed by atoms with Gasteiger partial charge in [0.2, 0.25) is 0 Å². The molecule has 0 saturated carbocycles. The van der Waals surface area contributed by atoms with Gasteiger partial charge in [-0.2, -0.15) is 13.2 Å². The van der Waals surface area contributed by atoms with Crippen molar-refractivity contribution in [2.75, 3.05) is 6.61 Å². The maximum Gasteiger partial charge on any atom is 0.411 e. The normalized spacial score (nSPS) is 14.2. The third-order valence-corrected chi connectivity index (χ3v) is 4.75. The Labute approximate surface area is 113 Å². The minimum absolute atomic E-state index is 0.545. The highest BCUT2D eigenvalue weighted by Gasteiger charge is 2.35. The van der Waals surface area contributed by atoms with Crippen molar-refractivity contribution in [3.05, 3.63) is 42.5 Å². The van der Waals surface area contributed by atoms with E-state index in [-0.39, 0.29) is 0 Å². The highest BCUT2D eigenvalue weighted by atomic mass is 28.3. The molecule has 1 unspecified atom stereocenters. The Balaban J connectivity index is 2.90. The molecule has 19 heavy (non-hydrogen) atoms. The first-order valence-electron chi connectivity index (χ1n) is 6.04. The first-order chi connectivity index (χ1) is 8.61. The molecule has 1 rings (SSSR count). The summed E-state index contributed by atoms with van der Waals surface area (Å²) in [6.45, 7) is 8.63. The zero-order valence-electron chi connectivity index (χ0n) is 11.4. The molecular weight excluding hydrogens is 269 g/mol. The molecule has 0 aliphatic rings. The van der Waals surface area contributed by atoms with Gasteiger partial charge in [-0.3, -0.25) is 0 Å². The van der Waals surface area contributed by atoms with Gasteiger partial charge in [0, 0.05) is 0 Å². The summed E-state index contributed by atoms with van der Waals surface area (Å²) in [5, 5.41) is 0. The van der Waals surface area contributed by atoms with Crippen LogP contribution in [0.5, 0.6) is 0 Å². The van der Waals surface area contributed by atoms with Crippen molar-refractivity contribution in [3.63, 3.8) is 0 Å². The number of ether oxygens (including phenoxy) is 1. The molecule has 0 bridgehead atoms. The van der Waals surface area contributed by atoms with Gasteiger partial charge in [-0.1, -0.05) is 56.6 Å². The van der Waals surface area contributed by atoms with Crippen LogP contribution in [-0.4, -0.2) is 26.6 Å². The summed E-state index contributed by atoms with van der Waals surface area (Å²) in [5.41, 5.74) is 0.914. The van der Waals surface area contributed by atoms with Crippen LogP contribution in [0, 0.1) is 0 Å². The summed E-state index contributed by atoms with van der Waals surface area (Å²) in [6.07, 6.45) is -4.31. The second kappa shape index (κ2) is 5.92. The highest BCUT2D eigenvalue weighted by molar-refractivity contribution is 6.79. The zero-order chi connectivity index (χ0) is 14.7. The number of alkyl halides is 3. The molecule has 0 aromatic heterocycles. The van der Waals surface area contributed by atoms with Crippen molar-refractivity contribution in [2.45, 2.75) is 31.5 Å². The average Bonchev–Trinajstić information content (AvgIpc) is 2.26. The van der Waals surface area contributed by atoms with Crippen LogP contribution in [0.3, 0.4) is 0 Å². The van der Waals surface area contributed by atoms with E-state index >= 15 is 0 Å². The second-order valence-corrected chi connectivity index (χ2v) is 10.8. The lowest BCUT2D eigenvalue weighted by atomic mass is 10.1. The van der Waals surface area contributed by atoms with E-state index in [1.54, 1.807) is 0 Å². The van der Waals surface area contributed by atoms with Crippen LogP contribution in [0.2, 0.25) is 19.6 Å². The van der Waals surface area contributed by atoms with Gasteiger partial charge in [-0.25, -0.2) is 0 Å². The summed E-state index contributed by atoms with van der Waals surface area (Å²) >= 11 is 0. The van der Waals surface area contributed by atoms with Crippen LogP contribution >= 0.6 is 0 Å². The molecule has 1 nitrogen and oxygen atoms in total. The molecule has 0 fully saturated rings. The lowest BCUT2D eigenvalue weighted by Gasteiger charge is -2.31. The van der Waals surface area contributed by atoms with Crippen LogP contribution in [0.4, 0.5) is 13.2 Å². The van der Waals surface area contributed by atoms with Crippen LogP contribution in [0.15, 0.2) is 36.9 Å². The molecular formula is C14H19F3OSi. The minimum Gasteiger partial charge on any atom is -0.368 e. The predicted octanol–water partition coefficient (Wildman–Crippen LogP) is 4.52. The van der Waals surface area contributed by atoms with Gasteiger partial charge in [-0.15, -0.1) is 0 Å². The summed E-state index contributed by atoms with van der Waals surface area (Å²) in [6, 6.07) is 9.22. The number of hydrogen-bond acceptors (Lipinski definition) is 1. The Kier molecular flexibility index (Phi) is 4.98. The molecule has 5 heteroatoms. The maximum atomic E-state index is 12.3. The maximum absolute atomic E-state index is 12.3. The lowest BCUT2D eigenvalue weighted by molar-refractivity contribution is -0.174. The molecule has 0 radical (unpaired) electrons. The third kappa shape index (κ3) is 5.20.